The van der Waals surface area contributed by atoms with Crippen LogP contribution in [-0.2, 0) is 0 Å². The van der Waals surface area contributed by atoms with Crippen LogP contribution >= 0.6 is 0 Å². The van der Waals surface area contributed by atoms with E-state index in [1.165, 1.54) is 4.57 Å². The normalized spacial score (nSPS) is 10.7. The Morgan fingerprint density at radius 3 is 2.60 bits per heavy atom. The molecule has 0 saturated heterocycles. The summed E-state index contributed by atoms with van der Waals surface area (Å²) in [7, 11) is 0. The number of carbonyl (C=O) groups is 1. The number of imidazole rings is 1. The number of fused-ring (bicyclic) bond motifs is 1. The summed E-state index contributed by atoms with van der Waals surface area (Å²) in [5.41, 5.74) is 9.07. The van der Waals surface area contributed by atoms with Crippen LogP contribution in [0, 0.1) is 6.92 Å². The largest absolute Gasteiger partial charge is 0.369 e. The molecule has 3 rings (SSSR count). The Morgan fingerprint density at radius 1 is 1.15 bits per heavy atom. The molecule has 0 aliphatic carbocycles. The quantitative estimate of drug-likeness (QED) is 0.711. The van der Waals surface area contributed by atoms with Crippen molar-refractivity contribution in [2.75, 3.05) is 11.1 Å². The van der Waals surface area contributed by atoms with E-state index in [0.29, 0.717) is 11.0 Å². The van der Waals surface area contributed by atoms with Crippen LogP contribution in [0.2, 0.25) is 0 Å². The summed E-state index contributed by atoms with van der Waals surface area (Å²) in [6, 6.07) is 14.6. The van der Waals surface area contributed by atoms with E-state index in [2.05, 4.69) is 10.3 Å². The summed E-state index contributed by atoms with van der Waals surface area (Å²) < 4.78 is 1.37. The number of nitrogens with one attached hydrogen (secondary N) is 1. The van der Waals surface area contributed by atoms with Crippen molar-refractivity contribution in [2.45, 2.75) is 6.92 Å². The number of carbonyl (C=O) groups excluding carboxylic acids is 1. The molecule has 5 heteroatoms. The Morgan fingerprint density at radius 2 is 1.85 bits per heavy atom. The molecule has 1 amide bonds. The van der Waals surface area contributed by atoms with E-state index in [-0.39, 0.29) is 12.0 Å². The van der Waals surface area contributed by atoms with E-state index >= 15 is 0 Å². The fourth-order valence-electron chi connectivity index (χ4n) is 2.07. The van der Waals surface area contributed by atoms with Crippen LogP contribution in [0.4, 0.5) is 16.4 Å². The monoisotopic (exact) mass is 266 g/mol. The van der Waals surface area contributed by atoms with Gasteiger partial charge in [-0.15, -0.1) is 0 Å². The molecule has 0 unspecified atom stereocenters. The van der Waals surface area contributed by atoms with Gasteiger partial charge >= 0.3 is 6.03 Å². The van der Waals surface area contributed by atoms with E-state index in [4.69, 9.17) is 5.73 Å². The molecule has 0 fully saturated rings. The lowest BCUT2D eigenvalue weighted by atomic mass is 10.2. The number of para-hydroxylation sites is 2. The van der Waals surface area contributed by atoms with Crippen molar-refractivity contribution in [3.05, 3.63) is 54.1 Å². The van der Waals surface area contributed by atoms with Crippen molar-refractivity contribution in [1.82, 2.24) is 9.55 Å². The second kappa shape index (κ2) is 4.70. The number of hydrogen-bond donors (Lipinski definition) is 2. The second-order valence-electron chi connectivity index (χ2n) is 4.59. The maximum absolute atomic E-state index is 12.3. The summed E-state index contributed by atoms with van der Waals surface area (Å²) >= 11 is 0. The Kier molecular flexibility index (Phi) is 2.87. The number of nitrogens with two attached hydrogens (primary N) is 1. The number of rotatable bonds is 1. The van der Waals surface area contributed by atoms with Gasteiger partial charge in [-0.1, -0.05) is 29.8 Å². The van der Waals surface area contributed by atoms with Crippen molar-refractivity contribution in [3.63, 3.8) is 0 Å². The van der Waals surface area contributed by atoms with Crippen molar-refractivity contribution in [1.29, 1.82) is 0 Å². The molecule has 1 heterocycles. The van der Waals surface area contributed by atoms with Gasteiger partial charge < -0.3 is 11.1 Å². The number of benzene rings is 2. The highest BCUT2D eigenvalue weighted by atomic mass is 16.2. The zero-order valence-corrected chi connectivity index (χ0v) is 11.0. The molecular formula is C15H14N4O. The minimum Gasteiger partial charge on any atom is -0.369 e. The molecule has 1 aromatic heterocycles. The number of anilines is 2. The molecule has 0 atom stereocenters. The summed E-state index contributed by atoms with van der Waals surface area (Å²) in [6.07, 6.45) is 0. The van der Waals surface area contributed by atoms with Crippen molar-refractivity contribution in [2.24, 2.45) is 0 Å². The summed E-state index contributed by atoms with van der Waals surface area (Å²) in [6.45, 7) is 1.99. The third-order valence-electron chi connectivity index (χ3n) is 3.09. The Balaban J connectivity index is 1.96. The zero-order chi connectivity index (χ0) is 14.1. The molecule has 20 heavy (non-hydrogen) atoms. The van der Waals surface area contributed by atoms with Gasteiger partial charge in [0.25, 0.3) is 0 Å². The predicted molar refractivity (Wildman–Crippen MR) is 79.7 cm³/mol. The molecule has 2 aromatic carbocycles. The molecule has 3 aromatic rings. The summed E-state index contributed by atoms with van der Waals surface area (Å²) in [4.78, 5) is 16.5. The molecule has 100 valence electrons. The van der Waals surface area contributed by atoms with Crippen LogP contribution in [0.1, 0.15) is 5.56 Å². The molecule has 0 spiro atoms. The number of hydrogen-bond acceptors (Lipinski definition) is 3. The van der Waals surface area contributed by atoms with Crippen LogP contribution in [-0.4, -0.2) is 15.6 Å². The lowest BCUT2D eigenvalue weighted by Gasteiger charge is -2.08. The Hall–Kier alpha value is -2.82. The smallest absolute Gasteiger partial charge is 0.333 e. The van der Waals surface area contributed by atoms with Gasteiger partial charge in [-0.05, 0) is 31.2 Å². The van der Waals surface area contributed by atoms with Gasteiger partial charge in [0.1, 0.15) is 0 Å². The van der Waals surface area contributed by atoms with Gasteiger partial charge in [0.2, 0.25) is 5.95 Å². The van der Waals surface area contributed by atoms with Crippen molar-refractivity contribution in [3.8, 4) is 0 Å². The van der Waals surface area contributed by atoms with Crippen LogP contribution in [0.15, 0.2) is 48.5 Å². The SMILES string of the molecule is Cc1ccc(NC(=O)n2c(N)nc3ccccc32)cc1. The number of nitrogen functional groups attached to an aromatic ring is 1. The molecule has 0 radical (unpaired) electrons. The minimum absolute atomic E-state index is 0.177. The fraction of sp³-hybridized carbons (Fsp3) is 0.0667. The Bertz CT molecular complexity index is 774. The fourth-order valence-corrected chi connectivity index (χ4v) is 2.07. The molecular weight excluding hydrogens is 252 g/mol. The van der Waals surface area contributed by atoms with Crippen LogP contribution < -0.4 is 11.1 Å². The molecule has 0 aliphatic rings. The van der Waals surface area contributed by atoms with Gasteiger partial charge in [0.05, 0.1) is 11.0 Å². The summed E-state index contributed by atoms with van der Waals surface area (Å²) in [5.74, 6) is 0.177. The van der Waals surface area contributed by atoms with E-state index in [9.17, 15) is 4.79 Å². The third kappa shape index (κ3) is 2.09. The zero-order valence-electron chi connectivity index (χ0n) is 11.0. The maximum atomic E-state index is 12.3. The molecule has 0 bridgehead atoms. The standard InChI is InChI=1S/C15H14N4O/c1-10-6-8-11(9-7-10)17-15(20)19-13-5-3-2-4-12(13)18-14(19)16/h2-9H,1H3,(H2,16,18)(H,17,20). The highest BCUT2D eigenvalue weighted by Crippen LogP contribution is 2.18. The van der Waals surface area contributed by atoms with Crippen LogP contribution in [0.3, 0.4) is 0 Å². The van der Waals surface area contributed by atoms with E-state index in [0.717, 1.165) is 11.3 Å². The average Bonchev–Trinajstić information content (AvgIpc) is 2.77. The van der Waals surface area contributed by atoms with Crippen molar-refractivity contribution >= 4 is 28.7 Å². The van der Waals surface area contributed by atoms with Gasteiger partial charge in [-0.25, -0.2) is 14.3 Å². The first-order valence-corrected chi connectivity index (χ1v) is 6.26. The third-order valence-corrected chi connectivity index (χ3v) is 3.09. The van der Waals surface area contributed by atoms with E-state index < -0.39 is 0 Å². The van der Waals surface area contributed by atoms with Gasteiger partial charge in [0, 0.05) is 5.69 Å². The van der Waals surface area contributed by atoms with Crippen LogP contribution in [0.25, 0.3) is 11.0 Å². The predicted octanol–water partition coefficient (Wildman–Crippen LogP) is 3.01. The first-order chi connectivity index (χ1) is 9.65. The van der Waals surface area contributed by atoms with E-state index in [1.807, 2.05) is 55.5 Å². The molecule has 5 nitrogen and oxygen atoms in total. The lowest BCUT2D eigenvalue weighted by Crippen LogP contribution is -2.21. The average molecular weight is 266 g/mol. The van der Waals surface area contributed by atoms with Gasteiger partial charge in [0.15, 0.2) is 0 Å². The van der Waals surface area contributed by atoms with Crippen molar-refractivity contribution < 1.29 is 4.79 Å². The number of aryl methyl sites for hydroxylation is 1. The lowest BCUT2D eigenvalue weighted by molar-refractivity contribution is 0.254. The number of aromatic nitrogens is 2. The maximum Gasteiger partial charge on any atom is 0.333 e. The van der Waals surface area contributed by atoms with E-state index in [1.54, 1.807) is 0 Å². The minimum atomic E-state index is -0.319. The highest BCUT2D eigenvalue weighted by molar-refractivity contribution is 5.99. The second-order valence-corrected chi connectivity index (χ2v) is 4.59. The topological polar surface area (TPSA) is 72.9 Å². The van der Waals surface area contributed by atoms with Gasteiger partial charge in [-0.2, -0.15) is 0 Å². The highest BCUT2D eigenvalue weighted by Gasteiger charge is 2.14. The first-order valence-electron chi connectivity index (χ1n) is 6.26. The first kappa shape index (κ1) is 12.2. The molecule has 0 saturated carbocycles. The Labute approximate surface area is 116 Å². The molecule has 0 aliphatic heterocycles. The van der Waals surface area contributed by atoms with Gasteiger partial charge in [-0.3, -0.25) is 0 Å². The summed E-state index contributed by atoms with van der Waals surface area (Å²) in [5, 5.41) is 2.81. The number of nitrogens with zero attached hydrogens (tertiary/aromatic N) is 2. The van der Waals surface area contributed by atoms with Crippen LogP contribution in [0.5, 0.6) is 0 Å². The number of amides is 1. The molecule has 3 N–H and O–H groups in total.